The zero-order valence-corrected chi connectivity index (χ0v) is 11.2. The van der Waals surface area contributed by atoms with Gasteiger partial charge in [0.2, 0.25) is 0 Å². The van der Waals surface area contributed by atoms with Crippen LogP contribution >= 0.6 is 11.8 Å². The normalized spacial score (nSPS) is 16.6. The van der Waals surface area contributed by atoms with Crippen LogP contribution < -0.4 is 0 Å². The Morgan fingerprint density at radius 3 is 2.45 bits per heavy atom. The Balaban J connectivity index is 1.90. The Hall–Kier alpha value is -2.20. The fourth-order valence-electron chi connectivity index (χ4n) is 1.85. The highest BCUT2D eigenvalue weighted by molar-refractivity contribution is 8.19. The van der Waals surface area contributed by atoms with Gasteiger partial charge in [0.25, 0.3) is 5.91 Å². The van der Waals surface area contributed by atoms with Crippen molar-refractivity contribution in [2.45, 2.75) is 0 Å². The molecule has 1 heterocycles. The molecule has 0 fully saturated rings. The molecule has 1 amide bonds. The molecule has 20 heavy (non-hydrogen) atoms. The summed E-state index contributed by atoms with van der Waals surface area (Å²) in [6.07, 6.45) is 1.54. The summed E-state index contributed by atoms with van der Waals surface area (Å²) in [5, 5.41) is 0.651. The molecular formula is C16H10FNOS. The number of aliphatic imine (C=N–C) groups is 1. The zero-order valence-electron chi connectivity index (χ0n) is 10.4. The molecule has 0 aliphatic carbocycles. The first-order chi connectivity index (χ1) is 9.74. The largest absolute Gasteiger partial charge is 0.284 e. The van der Waals surface area contributed by atoms with Gasteiger partial charge in [0.1, 0.15) is 10.9 Å². The minimum Gasteiger partial charge on any atom is -0.266 e. The lowest BCUT2D eigenvalue weighted by molar-refractivity contribution is -0.113. The quantitative estimate of drug-likeness (QED) is 0.783. The van der Waals surface area contributed by atoms with Gasteiger partial charge in [-0.05, 0) is 12.1 Å². The molecule has 0 radical (unpaired) electrons. The third kappa shape index (κ3) is 2.56. The first-order valence-electron chi connectivity index (χ1n) is 6.06. The lowest BCUT2D eigenvalue weighted by Gasteiger charge is -1.99. The molecule has 3 rings (SSSR count). The van der Waals surface area contributed by atoms with Gasteiger partial charge in [-0.3, -0.25) is 4.79 Å². The summed E-state index contributed by atoms with van der Waals surface area (Å²) in [5.41, 5.74) is 1.29. The summed E-state index contributed by atoms with van der Waals surface area (Å²) >= 11 is 1.27. The number of amides is 1. The van der Waals surface area contributed by atoms with Crippen LogP contribution in [0.2, 0.25) is 0 Å². The van der Waals surface area contributed by atoms with Crippen molar-refractivity contribution in [1.82, 2.24) is 0 Å². The van der Waals surface area contributed by atoms with Crippen molar-refractivity contribution in [2.24, 2.45) is 4.99 Å². The second kappa shape index (κ2) is 5.43. The number of carbonyl (C=O) groups is 1. The first-order valence-corrected chi connectivity index (χ1v) is 6.88. The molecule has 0 bridgehead atoms. The summed E-state index contributed by atoms with van der Waals surface area (Å²) < 4.78 is 13.6. The minimum atomic E-state index is -0.346. The Labute approximate surface area is 120 Å². The molecule has 2 aromatic rings. The third-order valence-electron chi connectivity index (χ3n) is 2.83. The second-order valence-electron chi connectivity index (χ2n) is 4.22. The van der Waals surface area contributed by atoms with Crippen LogP contribution in [0.5, 0.6) is 0 Å². The molecule has 0 spiro atoms. The molecule has 0 atom stereocenters. The maximum absolute atomic E-state index is 13.6. The van der Waals surface area contributed by atoms with Crippen LogP contribution in [0.25, 0.3) is 6.08 Å². The average Bonchev–Trinajstić information content (AvgIpc) is 2.84. The molecule has 0 saturated carbocycles. The number of benzene rings is 2. The SMILES string of the molecule is O=C1N=C(c2ccccc2)S/C1=C/c1ccccc1F. The summed E-state index contributed by atoms with van der Waals surface area (Å²) in [6, 6.07) is 15.8. The van der Waals surface area contributed by atoms with Gasteiger partial charge < -0.3 is 0 Å². The molecule has 0 saturated heterocycles. The van der Waals surface area contributed by atoms with Gasteiger partial charge in [0, 0.05) is 11.1 Å². The van der Waals surface area contributed by atoms with Gasteiger partial charge in [-0.25, -0.2) is 9.38 Å². The number of thioether (sulfide) groups is 1. The van der Waals surface area contributed by atoms with E-state index in [1.165, 1.54) is 17.8 Å². The van der Waals surface area contributed by atoms with Gasteiger partial charge in [0.15, 0.2) is 0 Å². The van der Waals surface area contributed by atoms with E-state index in [4.69, 9.17) is 0 Å². The highest BCUT2D eigenvalue weighted by Crippen LogP contribution is 2.31. The van der Waals surface area contributed by atoms with Gasteiger partial charge in [-0.2, -0.15) is 0 Å². The predicted octanol–water partition coefficient (Wildman–Crippen LogP) is 3.89. The Morgan fingerprint density at radius 2 is 1.70 bits per heavy atom. The van der Waals surface area contributed by atoms with Gasteiger partial charge in [-0.1, -0.05) is 60.3 Å². The van der Waals surface area contributed by atoms with Gasteiger partial charge >= 0.3 is 0 Å². The fraction of sp³-hybridized carbons (Fsp3) is 0. The van der Waals surface area contributed by atoms with Crippen molar-refractivity contribution < 1.29 is 9.18 Å². The van der Waals surface area contributed by atoms with E-state index in [1.807, 2.05) is 30.3 Å². The van der Waals surface area contributed by atoms with E-state index in [9.17, 15) is 9.18 Å². The number of halogens is 1. The zero-order chi connectivity index (χ0) is 13.9. The van der Waals surface area contributed by atoms with E-state index >= 15 is 0 Å². The van der Waals surface area contributed by atoms with E-state index in [1.54, 1.807) is 24.3 Å². The smallest absolute Gasteiger partial charge is 0.266 e. The maximum Gasteiger partial charge on any atom is 0.284 e. The second-order valence-corrected chi connectivity index (χ2v) is 5.25. The number of nitrogens with zero attached hydrogens (tertiary/aromatic N) is 1. The molecule has 0 unspecified atom stereocenters. The van der Waals surface area contributed by atoms with E-state index in [0.717, 1.165) is 5.56 Å². The van der Waals surface area contributed by atoms with E-state index in [0.29, 0.717) is 15.5 Å². The molecule has 0 N–H and O–H groups in total. The number of carbonyl (C=O) groups excluding carboxylic acids is 1. The number of rotatable bonds is 2. The fourth-order valence-corrected chi connectivity index (χ4v) is 2.76. The van der Waals surface area contributed by atoms with E-state index < -0.39 is 0 Å². The highest BCUT2D eigenvalue weighted by Gasteiger charge is 2.22. The highest BCUT2D eigenvalue weighted by atomic mass is 32.2. The molecule has 2 aromatic carbocycles. The van der Waals surface area contributed by atoms with Crippen LogP contribution in [0.15, 0.2) is 64.5 Å². The minimum absolute atomic E-state index is 0.322. The van der Waals surface area contributed by atoms with Crippen molar-refractivity contribution >= 4 is 28.8 Å². The Morgan fingerprint density at radius 1 is 1.00 bits per heavy atom. The topological polar surface area (TPSA) is 29.4 Å². The van der Waals surface area contributed by atoms with Crippen molar-refractivity contribution in [3.05, 3.63) is 76.4 Å². The van der Waals surface area contributed by atoms with Crippen LogP contribution in [-0.2, 0) is 4.79 Å². The van der Waals surface area contributed by atoms with Crippen molar-refractivity contribution in [1.29, 1.82) is 0 Å². The van der Waals surface area contributed by atoms with E-state index in [2.05, 4.69) is 4.99 Å². The van der Waals surface area contributed by atoms with Crippen molar-refractivity contribution in [3.63, 3.8) is 0 Å². The van der Waals surface area contributed by atoms with Crippen LogP contribution in [0.3, 0.4) is 0 Å². The molecular weight excluding hydrogens is 273 g/mol. The molecule has 98 valence electrons. The third-order valence-corrected chi connectivity index (χ3v) is 3.87. The molecule has 1 aliphatic heterocycles. The number of hydrogen-bond acceptors (Lipinski definition) is 2. The summed E-state index contributed by atoms with van der Waals surface area (Å²) in [4.78, 5) is 16.3. The van der Waals surface area contributed by atoms with Crippen LogP contribution in [0.1, 0.15) is 11.1 Å². The first kappa shape index (κ1) is 12.8. The predicted molar refractivity (Wildman–Crippen MR) is 80.0 cm³/mol. The molecule has 4 heteroatoms. The Kier molecular flexibility index (Phi) is 3.48. The van der Waals surface area contributed by atoms with E-state index in [-0.39, 0.29) is 11.7 Å². The lowest BCUT2D eigenvalue weighted by Crippen LogP contribution is -1.89. The molecule has 1 aliphatic rings. The monoisotopic (exact) mass is 283 g/mol. The van der Waals surface area contributed by atoms with Gasteiger partial charge in [-0.15, -0.1) is 0 Å². The summed E-state index contributed by atoms with van der Waals surface area (Å²) in [5.74, 6) is -0.668. The van der Waals surface area contributed by atoms with Crippen LogP contribution in [0.4, 0.5) is 4.39 Å². The Bertz CT molecular complexity index is 722. The summed E-state index contributed by atoms with van der Waals surface area (Å²) in [6.45, 7) is 0. The maximum atomic E-state index is 13.6. The average molecular weight is 283 g/mol. The molecule has 2 nitrogen and oxygen atoms in total. The standard InChI is InChI=1S/C16H10FNOS/c17-13-9-5-4-8-12(13)10-14-15(19)18-16(20-14)11-6-2-1-3-7-11/h1-10H/b14-10+. The van der Waals surface area contributed by atoms with Crippen molar-refractivity contribution in [3.8, 4) is 0 Å². The van der Waals surface area contributed by atoms with Gasteiger partial charge in [0.05, 0.1) is 4.91 Å². The molecule has 0 aromatic heterocycles. The summed E-state index contributed by atoms with van der Waals surface area (Å²) in [7, 11) is 0. The van der Waals surface area contributed by atoms with Crippen LogP contribution in [-0.4, -0.2) is 11.0 Å². The van der Waals surface area contributed by atoms with Crippen molar-refractivity contribution in [2.75, 3.05) is 0 Å². The lowest BCUT2D eigenvalue weighted by atomic mass is 10.2. The van der Waals surface area contributed by atoms with Crippen LogP contribution in [0, 0.1) is 5.82 Å². The number of hydrogen-bond donors (Lipinski definition) is 0.